The van der Waals surface area contributed by atoms with E-state index in [1.807, 2.05) is 6.92 Å². The molecule has 2 N–H and O–H groups in total. The van der Waals surface area contributed by atoms with Crippen molar-refractivity contribution in [3.8, 4) is 0 Å². The van der Waals surface area contributed by atoms with E-state index in [0.29, 0.717) is 12.4 Å². The van der Waals surface area contributed by atoms with Gasteiger partial charge in [-0.05, 0) is 5.75 Å². The lowest BCUT2D eigenvalue weighted by molar-refractivity contribution is 0.587. The first-order valence-electron chi connectivity index (χ1n) is 4.56. The summed E-state index contributed by atoms with van der Waals surface area (Å²) in [7, 11) is -2.97. The van der Waals surface area contributed by atoms with E-state index in [4.69, 9.17) is 5.73 Å². The predicted octanol–water partition coefficient (Wildman–Crippen LogP) is 0.622. The zero-order chi connectivity index (χ0) is 11.5. The smallest absolute Gasteiger partial charge is 0.149 e. The summed E-state index contributed by atoms with van der Waals surface area (Å²) in [6.07, 6.45) is 2.88. The summed E-state index contributed by atoms with van der Waals surface area (Å²) in [4.78, 5) is 0.908. The molecule has 5 nitrogen and oxygen atoms in total. The molecule has 0 aromatic carbocycles. The Balaban J connectivity index is 2.70. The van der Waals surface area contributed by atoms with Crippen molar-refractivity contribution in [1.29, 1.82) is 0 Å². The van der Waals surface area contributed by atoms with Crippen LogP contribution < -0.4 is 5.73 Å². The summed E-state index contributed by atoms with van der Waals surface area (Å²) in [5, 5.41) is 4.04. The Labute approximate surface area is 94.0 Å². The molecule has 0 fully saturated rings. The summed E-state index contributed by atoms with van der Waals surface area (Å²) in [6, 6.07) is 0. The Morgan fingerprint density at radius 1 is 1.60 bits per heavy atom. The Bertz CT molecular complexity index is 425. The second-order valence-electron chi connectivity index (χ2n) is 3.18. The van der Waals surface area contributed by atoms with Gasteiger partial charge in [0, 0.05) is 6.26 Å². The Morgan fingerprint density at radius 2 is 2.27 bits per heavy atom. The maximum absolute atomic E-state index is 11.0. The lowest BCUT2D eigenvalue weighted by Crippen LogP contribution is -2.13. The minimum Gasteiger partial charge on any atom is -0.383 e. The first-order valence-corrected chi connectivity index (χ1v) is 7.60. The lowest BCUT2D eigenvalue weighted by Gasteiger charge is -2.03. The number of aryl methyl sites for hydroxylation is 1. The van der Waals surface area contributed by atoms with Gasteiger partial charge >= 0.3 is 0 Å². The summed E-state index contributed by atoms with van der Waals surface area (Å²) in [5.41, 5.74) is 5.80. The van der Waals surface area contributed by atoms with E-state index >= 15 is 0 Å². The van der Waals surface area contributed by atoms with Gasteiger partial charge in [-0.3, -0.25) is 0 Å². The SMILES string of the molecule is CCSc1cnn(CCS(C)(=O)=O)c1N. The molecule has 0 amide bonds. The average molecular weight is 249 g/mol. The van der Waals surface area contributed by atoms with Crippen LogP contribution in [0.2, 0.25) is 0 Å². The van der Waals surface area contributed by atoms with Crippen LogP contribution >= 0.6 is 11.8 Å². The molecule has 0 radical (unpaired) electrons. The molecule has 0 spiro atoms. The molecule has 86 valence electrons. The number of nitrogens with zero attached hydrogens (tertiary/aromatic N) is 2. The molecule has 0 atom stereocenters. The number of nitrogens with two attached hydrogens (primary N) is 1. The van der Waals surface area contributed by atoms with E-state index in [2.05, 4.69) is 5.10 Å². The minimum atomic E-state index is -2.97. The summed E-state index contributed by atoms with van der Waals surface area (Å²) < 4.78 is 23.4. The molecule has 1 rings (SSSR count). The molecule has 0 bridgehead atoms. The Morgan fingerprint density at radius 3 is 2.80 bits per heavy atom. The van der Waals surface area contributed by atoms with E-state index in [1.54, 1.807) is 18.0 Å². The number of sulfone groups is 1. The van der Waals surface area contributed by atoms with Gasteiger partial charge in [0.2, 0.25) is 0 Å². The number of anilines is 1. The number of hydrogen-bond acceptors (Lipinski definition) is 5. The highest BCUT2D eigenvalue weighted by atomic mass is 32.2. The van der Waals surface area contributed by atoms with Gasteiger partial charge in [-0.25, -0.2) is 13.1 Å². The van der Waals surface area contributed by atoms with Crippen LogP contribution in [0.5, 0.6) is 0 Å². The standard InChI is InChI=1S/C8H15N3O2S2/c1-3-14-7-6-10-11(8(7)9)4-5-15(2,12)13/h6H,3-5,9H2,1-2H3. The molecule has 7 heteroatoms. The van der Waals surface area contributed by atoms with Crippen LogP contribution in [0.25, 0.3) is 0 Å². The van der Waals surface area contributed by atoms with Gasteiger partial charge in [-0.2, -0.15) is 5.10 Å². The molecule has 0 saturated carbocycles. The maximum atomic E-state index is 11.0. The van der Waals surface area contributed by atoms with Crippen LogP contribution in [0.3, 0.4) is 0 Å². The molecule has 0 unspecified atom stereocenters. The third-order valence-corrected chi connectivity index (χ3v) is 3.66. The highest BCUT2D eigenvalue weighted by molar-refractivity contribution is 7.99. The van der Waals surface area contributed by atoms with E-state index in [9.17, 15) is 8.42 Å². The van der Waals surface area contributed by atoms with E-state index < -0.39 is 9.84 Å². The molecule has 0 aliphatic heterocycles. The van der Waals surface area contributed by atoms with E-state index in [0.717, 1.165) is 10.6 Å². The topological polar surface area (TPSA) is 78.0 Å². The van der Waals surface area contributed by atoms with Crippen LogP contribution in [0.1, 0.15) is 6.92 Å². The van der Waals surface area contributed by atoms with Gasteiger partial charge in [-0.15, -0.1) is 11.8 Å². The zero-order valence-electron chi connectivity index (χ0n) is 8.80. The third-order valence-electron chi connectivity index (χ3n) is 1.82. The second-order valence-corrected chi connectivity index (χ2v) is 6.75. The fraction of sp³-hybridized carbons (Fsp3) is 0.625. The minimum absolute atomic E-state index is 0.0646. The van der Waals surface area contributed by atoms with Gasteiger partial charge in [-0.1, -0.05) is 6.92 Å². The van der Waals surface area contributed by atoms with Crippen molar-refractivity contribution >= 4 is 27.4 Å². The fourth-order valence-electron chi connectivity index (χ4n) is 1.07. The molecular weight excluding hydrogens is 234 g/mol. The van der Waals surface area contributed by atoms with Crippen molar-refractivity contribution in [3.05, 3.63) is 6.20 Å². The molecule has 1 aromatic heterocycles. The van der Waals surface area contributed by atoms with Crippen molar-refractivity contribution in [1.82, 2.24) is 9.78 Å². The van der Waals surface area contributed by atoms with Gasteiger partial charge in [0.25, 0.3) is 0 Å². The Hall–Kier alpha value is -0.690. The van der Waals surface area contributed by atoms with Gasteiger partial charge < -0.3 is 5.73 Å². The first kappa shape index (κ1) is 12.4. The number of thioether (sulfide) groups is 1. The first-order chi connectivity index (χ1) is 6.94. The molecule has 1 aromatic rings. The summed E-state index contributed by atoms with van der Waals surface area (Å²) in [6.45, 7) is 2.34. The number of nitrogen functional groups attached to an aromatic ring is 1. The average Bonchev–Trinajstić information content (AvgIpc) is 2.45. The van der Waals surface area contributed by atoms with Gasteiger partial charge in [0.15, 0.2) is 0 Å². The van der Waals surface area contributed by atoms with Crippen molar-refractivity contribution in [2.24, 2.45) is 0 Å². The quantitative estimate of drug-likeness (QED) is 0.774. The van der Waals surface area contributed by atoms with Crippen molar-refractivity contribution in [3.63, 3.8) is 0 Å². The van der Waals surface area contributed by atoms with Crippen LogP contribution in [0.15, 0.2) is 11.1 Å². The van der Waals surface area contributed by atoms with Gasteiger partial charge in [0.05, 0.1) is 23.4 Å². The number of rotatable bonds is 5. The molecule has 1 heterocycles. The number of hydrogen-bond donors (Lipinski definition) is 1. The highest BCUT2D eigenvalue weighted by Crippen LogP contribution is 2.23. The highest BCUT2D eigenvalue weighted by Gasteiger charge is 2.09. The largest absolute Gasteiger partial charge is 0.383 e. The predicted molar refractivity (Wildman–Crippen MR) is 62.7 cm³/mol. The second kappa shape index (κ2) is 4.89. The lowest BCUT2D eigenvalue weighted by atomic mass is 10.6. The molecular formula is C8H15N3O2S2. The fourth-order valence-corrected chi connectivity index (χ4v) is 2.27. The van der Waals surface area contributed by atoms with Crippen molar-refractivity contribution in [2.75, 3.05) is 23.5 Å². The van der Waals surface area contributed by atoms with E-state index in [-0.39, 0.29) is 5.75 Å². The summed E-state index contributed by atoms with van der Waals surface area (Å²) >= 11 is 1.60. The van der Waals surface area contributed by atoms with Gasteiger partial charge in [0.1, 0.15) is 15.7 Å². The normalized spacial score (nSPS) is 11.9. The van der Waals surface area contributed by atoms with Crippen molar-refractivity contribution in [2.45, 2.75) is 18.4 Å². The summed E-state index contributed by atoms with van der Waals surface area (Å²) in [5.74, 6) is 1.53. The van der Waals surface area contributed by atoms with E-state index in [1.165, 1.54) is 10.9 Å². The molecule has 0 aliphatic rings. The van der Waals surface area contributed by atoms with Crippen LogP contribution in [0, 0.1) is 0 Å². The van der Waals surface area contributed by atoms with Crippen LogP contribution in [0.4, 0.5) is 5.82 Å². The maximum Gasteiger partial charge on any atom is 0.149 e. The zero-order valence-corrected chi connectivity index (χ0v) is 10.4. The Kier molecular flexibility index (Phi) is 4.04. The van der Waals surface area contributed by atoms with Crippen LogP contribution in [-0.4, -0.2) is 36.0 Å². The third kappa shape index (κ3) is 3.75. The monoisotopic (exact) mass is 249 g/mol. The van der Waals surface area contributed by atoms with Crippen molar-refractivity contribution < 1.29 is 8.42 Å². The molecule has 15 heavy (non-hydrogen) atoms. The number of aromatic nitrogens is 2. The molecule has 0 saturated heterocycles. The molecule has 0 aliphatic carbocycles. The van der Waals surface area contributed by atoms with Crippen LogP contribution in [-0.2, 0) is 16.4 Å².